The summed E-state index contributed by atoms with van der Waals surface area (Å²) < 4.78 is 0. The monoisotopic (exact) mass is 459 g/mol. The molecule has 1 saturated heterocycles. The average molecular weight is 460 g/mol. The van der Waals surface area contributed by atoms with E-state index in [1.807, 2.05) is 48.2 Å². The van der Waals surface area contributed by atoms with Gasteiger partial charge in [0.15, 0.2) is 5.82 Å². The Morgan fingerprint density at radius 1 is 1.06 bits per heavy atom. The molecule has 8 heteroatoms. The molecule has 0 bridgehead atoms. The van der Waals surface area contributed by atoms with Crippen LogP contribution in [-0.4, -0.2) is 52.2 Å². The molecule has 0 radical (unpaired) electrons. The van der Waals surface area contributed by atoms with Crippen LogP contribution in [0, 0.1) is 0 Å². The van der Waals surface area contributed by atoms with Crippen molar-refractivity contribution in [1.29, 1.82) is 0 Å². The summed E-state index contributed by atoms with van der Waals surface area (Å²) in [4.78, 5) is 16.7. The van der Waals surface area contributed by atoms with Crippen LogP contribution in [0.25, 0.3) is 22.0 Å². The lowest BCUT2D eigenvalue weighted by molar-refractivity contribution is -0.138. The molecule has 1 aliphatic heterocycles. The Morgan fingerprint density at radius 3 is 2.32 bits per heavy atom. The van der Waals surface area contributed by atoms with Crippen molar-refractivity contribution >= 4 is 46.5 Å². The van der Waals surface area contributed by atoms with Crippen molar-refractivity contribution < 1.29 is 4.79 Å². The number of hydrogen-bond donors (Lipinski definition) is 1. The fourth-order valence-electron chi connectivity index (χ4n) is 3.97. The highest BCUT2D eigenvalue weighted by Gasteiger charge is 2.35. The van der Waals surface area contributed by atoms with Crippen molar-refractivity contribution in [3.05, 3.63) is 53.6 Å². The first-order chi connectivity index (χ1) is 14.3. The molecule has 1 atom stereocenters. The molecule has 0 unspecified atom stereocenters. The zero-order valence-electron chi connectivity index (χ0n) is 17.9. The second-order valence-corrected chi connectivity index (χ2v) is 8.88. The Morgan fingerprint density at radius 2 is 1.71 bits per heavy atom. The van der Waals surface area contributed by atoms with Gasteiger partial charge in [0, 0.05) is 47.0 Å². The minimum absolute atomic E-state index is 0. The normalized spacial score (nSPS) is 16.9. The molecule has 0 spiro atoms. The molecule has 2 aromatic carbocycles. The van der Waals surface area contributed by atoms with Gasteiger partial charge in [-0.1, -0.05) is 48.0 Å². The van der Waals surface area contributed by atoms with Gasteiger partial charge < -0.3 is 15.5 Å². The second kappa shape index (κ2) is 8.99. The molecule has 0 saturated carbocycles. The van der Waals surface area contributed by atoms with E-state index < -0.39 is 5.54 Å². The molecule has 3 aromatic rings. The Balaban J connectivity index is 0.00000272. The number of halogens is 2. The van der Waals surface area contributed by atoms with Gasteiger partial charge in [0.1, 0.15) is 5.69 Å². The number of piperazine rings is 1. The smallest absolute Gasteiger partial charge is 0.242 e. The number of amides is 1. The van der Waals surface area contributed by atoms with Crippen molar-refractivity contribution in [3.63, 3.8) is 0 Å². The number of hydrogen-bond acceptors (Lipinski definition) is 5. The second-order valence-electron chi connectivity index (χ2n) is 8.44. The van der Waals surface area contributed by atoms with Crippen molar-refractivity contribution in [1.82, 2.24) is 15.1 Å². The van der Waals surface area contributed by atoms with Crippen LogP contribution < -0.4 is 10.6 Å². The van der Waals surface area contributed by atoms with E-state index in [-0.39, 0.29) is 24.4 Å². The average Bonchev–Trinajstić information content (AvgIpc) is 2.72. The number of carbonyl (C=O) groups excluding carboxylic acids is 1. The maximum atomic E-state index is 12.7. The number of nitrogens with two attached hydrogens (primary N) is 1. The number of carbonyl (C=O) groups is 1. The summed E-state index contributed by atoms with van der Waals surface area (Å²) in [7, 11) is 0. The van der Waals surface area contributed by atoms with Crippen LogP contribution >= 0.6 is 24.0 Å². The summed E-state index contributed by atoms with van der Waals surface area (Å²) in [5, 5.41) is 11.9. The highest BCUT2D eigenvalue weighted by atomic mass is 35.5. The van der Waals surface area contributed by atoms with Gasteiger partial charge in [0.25, 0.3) is 0 Å². The summed E-state index contributed by atoms with van der Waals surface area (Å²) >= 11 is 6.04. The minimum Gasteiger partial charge on any atom is -0.351 e. The standard InChI is InChI=1S/C23H26ClN5O.ClH/c1-15-14-28(12-13-29(15)22(30)23(2,3)25)21-19-7-5-4-6-18(19)20(26-27-21)16-8-10-17(24)11-9-16;/h4-11,15H,12-14,25H2,1-3H3;1H/t15-;/m0./s1. The Bertz CT molecular complexity index is 1080. The Hall–Kier alpha value is -2.41. The predicted molar refractivity (Wildman–Crippen MR) is 129 cm³/mol. The third-order valence-electron chi connectivity index (χ3n) is 5.52. The van der Waals surface area contributed by atoms with Crippen LogP contribution in [0.4, 0.5) is 5.82 Å². The number of benzene rings is 2. The Kier molecular flexibility index (Phi) is 6.74. The predicted octanol–water partition coefficient (Wildman–Crippen LogP) is 4.15. The highest BCUT2D eigenvalue weighted by Crippen LogP contribution is 2.32. The van der Waals surface area contributed by atoms with Gasteiger partial charge in [-0.05, 0) is 32.9 Å². The lowest BCUT2D eigenvalue weighted by Crippen LogP contribution is -2.60. The molecule has 1 amide bonds. The number of nitrogens with zero attached hydrogens (tertiary/aromatic N) is 4. The number of rotatable bonds is 3. The molecular formula is C23H27Cl2N5O. The summed E-state index contributed by atoms with van der Waals surface area (Å²) in [6, 6.07) is 15.8. The fourth-order valence-corrected chi connectivity index (χ4v) is 4.09. The molecule has 1 aliphatic rings. The molecule has 164 valence electrons. The van der Waals surface area contributed by atoms with Gasteiger partial charge in [-0.15, -0.1) is 22.6 Å². The van der Waals surface area contributed by atoms with Crippen LogP contribution in [0.2, 0.25) is 5.02 Å². The molecule has 6 nitrogen and oxygen atoms in total. The van der Waals surface area contributed by atoms with Crippen LogP contribution in [-0.2, 0) is 4.79 Å². The lowest BCUT2D eigenvalue weighted by Gasteiger charge is -2.42. The Labute approximate surface area is 193 Å². The van der Waals surface area contributed by atoms with E-state index in [9.17, 15) is 4.79 Å². The minimum atomic E-state index is -0.872. The largest absolute Gasteiger partial charge is 0.351 e. The summed E-state index contributed by atoms with van der Waals surface area (Å²) in [5.41, 5.74) is 6.97. The zero-order valence-corrected chi connectivity index (χ0v) is 19.5. The van der Waals surface area contributed by atoms with Crippen molar-refractivity contribution in [2.75, 3.05) is 24.5 Å². The van der Waals surface area contributed by atoms with E-state index in [1.54, 1.807) is 13.8 Å². The maximum absolute atomic E-state index is 12.7. The van der Waals surface area contributed by atoms with Crippen LogP contribution in [0.1, 0.15) is 20.8 Å². The van der Waals surface area contributed by atoms with Gasteiger partial charge in [-0.2, -0.15) is 0 Å². The highest BCUT2D eigenvalue weighted by molar-refractivity contribution is 6.30. The van der Waals surface area contributed by atoms with E-state index in [1.165, 1.54) is 0 Å². The van der Waals surface area contributed by atoms with E-state index in [0.29, 0.717) is 24.7 Å². The van der Waals surface area contributed by atoms with Gasteiger partial charge in [0.2, 0.25) is 5.91 Å². The van der Waals surface area contributed by atoms with Crippen LogP contribution in [0.3, 0.4) is 0 Å². The van der Waals surface area contributed by atoms with Crippen molar-refractivity contribution in [2.45, 2.75) is 32.4 Å². The first kappa shape index (κ1) is 23.3. The molecule has 1 aromatic heterocycles. The quantitative estimate of drug-likeness (QED) is 0.636. The fraction of sp³-hybridized carbons (Fsp3) is 0.348. The van der Waals surface area contributed by atoms with E-state index in [4.69, 9.17) is 17.3 Å². The first-order valence-electron chi connectivity index (χ1n) is 10.1. The molecule has 1 fully saturated rings. The molecule has 2 N–H and O–H groups in total. The van der Waals surface area contributed by atoms with Crippen LogP contribution in [0.15, 0.2) is 48.5 Å². The number of fused-ring (bicyclic) bond motifs is 1. The maximum Gasteiger partial charge on any atom is 0.242 e. The molecule has 4 rings (SSSR count). The summed E-state index contributed by atoms with van der Waals surface area (Å²) in [5.74, 6) is 0.818. The third-order valence-corrected chi connectivity index (χ3v) is 5.78. The van der Waals surface area contributed by atoms with Gasteiger partial charge in [0.05, 0.1) is 5.54 Å². The number of aromatic nitrogens is 2. The van der Waals surface area contributed by atoms with E-state index in [2.05, 4.69) is 27.2 Å². The van der Waals surface area contributed by atoms with Crippen LogP contribution in [0.5, 0.6) is 0 Å². The first-order valence-corrected chi connectivity index (χ1v) is 10.5. The molecule has 0 aliphatic carbocycles. The number of anilines is 1. The SMILES string of the molecule is C[C@H]1CN(c2nnc(-c3ccc(Cl)cc3)c3ccccc23)CCN1C(=O)C(C)(C)N.Cl. The van der Waals surface area contributed by atoms with Gasteiger partial charge in [-0.25, -0.2) is 0 Å². The van der Waals surface area contributed by atoms with Crippen molar-refractivity contribution in [2.24, 2.45) is 5.73 Å². The molecule has 2 heterocycles. The molecular weight excluding hydrogens is 433 g/mol. The summed E-state index contributed by atoms with van der Waals surface area (Å²) in [6.45, 7) is 7.53. The van der Waals surface area contributed by atoms with E-state index >= 15 is 0 Å². The summed E-state index contributed by atoms with van der Waals surface area (Å²) in [6.07, 6.45) is 0. The zero-order chi connectivity index (χ0) is 21.5. The van der Waals surface area contributed by atoms with Gasteiger partial charge in [-0.3, -0.25) is 4.79 Å². The molecule has 31 heavy (non-hydrogen) atoms. The van der Waals surface area contributed by atoms with Gasteiger partial charge >= 0.3 is 0 Å². The lowest BCUT2D eigenvalue weighted by atomic mass is 10.0. The third kappa shape index (κ3) is 4.61. The topological polar surface area (TPSA) is 75.4 Å². The van der Waals surface area contributed by atoms with E-state index in [0.717, 1.165) is 27.8 Å². The van der Waals surface area contributed by atoms with Crippen molar-refractivity contribution in [3.8, 4) is 11.3 Å².